The number of carbonyl (C=O) groups excluding carboxylic acids is 1. The summed E-state index contributed by atoms with van der Waals surface area (Å²) < 4.78 is 1.74. The van der Waals surface area contributed by atoms with Gasteiger partial charge in [-0.3, -0.25) is 19.6 Å². The Labute approximate surface area is 152 Å². The second kappa shape index (κ2) is 6.74. The molecule has 1 fully saturated rings. The Bertz CT molecular complexity index is 905. The third kappa shape index (κ3) is 2.89. The van der Waals surface area contributed by atoms with Gasteiger partial charge in [0.1, 0.15) is 0 Å². The largest absolute Gasteiger partial charge is 0.338 e. The van der Waals surface area contributed by atoms with Crippen molar-refractivity contribution in [3.05, 3.63) is 53.9 Å². The number of nitrogens with one attached hydrogen (secondary N) is 1. The highest BCUT2D eigenvalue weighted by Crippen LogP contribution is 2.34. The van der Waals surface area contributed by atoms with E-state index in [1.165, 1.54) is 0 Å². The minimum Gasteiger partial charge on any atom is -0.338 e. The van der Waals surface area contributed by atoms with E-state index < -0.39 is 0 Å². The number of hydrogen-bond donors (Lipinski definition) is 1. The summed E-state index contributed by atoms with van der Waals surface area (Å²) in [5.41, 5.74) is 5.00. The zero-order chi connectivity index (χ0) is 18.1. The minimum atomic E-state index is 0.0769. The van der Waals surface area contributed by atoms with Crippen LogP contribution in [0.1, 0.15) is 40.5 Å². The lowest BCUT2D eigenvalue weighted by molar-refractivity contribution is 0.0711. The summed E-state index contributed by atoms with van der Waals surface area (Å²) >= 11 is 0. The Morgan fingerprint density at radius 1 is 1.19 bits per heavy atom. The summed E-state index contributed by atoms with van der Waals surface area (Å²) in [6, 6.07) is 4.00. The minimum absolute atomic E-state index is 0.0769. The van der Waals surface area contributed by atoms with Gasteiger partial charge < -0.3 is 4.90 Å². The number of aromatic nitrogens is 5. The van der Waals surface area contributed by atoms with Crippen LogP contribution < -0.4 is 0 Å². The molecular weight excluding hydrogens is 328 g/mol. The number of rotatable bonds is 3. The normalized spacial score (nSPS) is 15.4. The first kappa shape index (κ1) is 16.5. The van der Waals surface area contributed by atoms with Crippen molar-refractivity contribution in [2.24, 2.45) is 7.05 Å². The number of aromatic amines is 1. The van der Waals surface area contributed by atoms with Crippen LogP contribution in [0.25, 0.3) is 11.1 Å². The number of amides is 1. The topological polar surface area (TPSA) is 79.7 Å². The molecule has 0 spiro atoms. The van der Waals surface area contributed by atoms with Crippen molar-refractivity contribution in [3.8, 4) is 11.1 Å². The Kier molecular flexibility index (Phi) is 4.28. The molecule has 7 heteroatoms. The number of aryl methyl sites for hydroxylation is 1. The number of likely N-dealkylation sites (tertiary alicyclic amines) is 1. The molecule has 1 N–H and O–H groups in total. The molecule has 0 aliphatic carbocycles. The molecule has 0 atom stereocenters. The molecule has 4 heterocycles. The summed E-state index contributed by atoms with van der Waals surface area (Å²) in [5.74, 6) is 0.452. The average molecular weight is 350 g/mol. The van der Waals surface area contributed by atoms with E-state index in [1.807, 2.05) is 37.2 Å². The Morgan fingerprint density at radius 3 is 2.58 bits per heavy atom. The fourth-order valence-corrected chi connectivity index (χ4v) is 3.62. The van der Waals surface area contributed by atoms with Crippen molar-refractivity contribution >= 4 is 5.91 Å². The Balaban J connectivity index is 1.47. The smallest absolute Gasteiger partial charge is 0.257 e. The molecule has 0 saturated carbocycles. The zero-order valence-corrected chi connectivity index (χ0v) is 15.0. The van der Waals surface area contributed by atoms with Gasteiger partial charge >= 0.3 is 0 Å². The van der Waals surface area contributed by atoms with E-state index in [9.17, 15) is 4.79 Å². The van der Waals surface area contributed by atoms with E-state index >= 15 is 0 Å². The van der Waals surface area contributed by atoms with E-state index in [1.54, 1.807) is 23.3 Å². The van der Waals surface area contributed by atoms with Crippen molar-refractivity contribution in [2.75, 3.05) is 13.1 Å². The Morgan fingerprint density at radius 2 is 1.92 bits per heavy atom. The summed E-state index contributed by atoms with van der Waals surface area (Å²) in [4.78, 5) is 18.8. The van der Waals surface area contributed by atoms with Gasteiger partial charge in [-0.05, 0) is 37.5 Å². The van der Waals surface area contributed by atoms with Gasteiger partial charge in [-0.15, -0.1) is 0 Å². The first-order chi connectivity index (χ1) is 12.6. The number of pyridine rings is 1. The molecule has 4 rings (SSSR count). The van der Waals surface area contributed by atoms with E-state index in [0.29, 0.717) is 11.5 Å². The SMILES string of the molecule is Cc1c(C(=O)N2CCC(c3[nH]ncc3-c3ccncc3)CC2)cnn1C. The molecule has 0 radical (unpaired) electrons. The fourth-order valence-electron chi connectivity index (χ4n) is 3.62. The van der Waals surface area contributed by atoms with Crippen LogP contribution in [0.15, 0.2) is 36.9 Å². The van der Waals surface area contributed by atoms with Crippen molar-refractivity contribution in [3.63, 3.8) is 0 Å². The summed E-state index contributed by atoms with van der Waals surface area (Å²) in [6.45, 7) is 3.41. The van der Waals surface area contributed by atoms with Crippen molar-refractivity contribution in [2.45, 2.75) is 25.7 Å². The molecule has 1 aliphatic heterocycles. The molecule has 0 unspecified atom stereocenters. The second-order valence-electron chi connectivity index (χ2n) is 6.77. The van der Waals surface area contributed by atoms with Crippen LogP contribution in [-0.2, 0) is 7.05 Å². The number of nitrogens with zero attached hydrogens (tertiary/aromatic N) is 5. The van der Waals surface area contributed by atoms with Crippen LogP contribution in [-0.4, -0.2) is 48.9 Å². The van der Waals surface area contributed by atoms with Gasteiger partial charge in [0.2, 0.25) is 0 Å². The lowest BCUT2D eigenvalue weighted by atomic mass is 9.89. The highest BCUT2D eigenvalue weighted by Gasteiger charge is 2.28. The molecule has 26 heavy (non-hydrogen) atoms. The molecule has 3 aromatic rings. The average Bonchev–Trinajstić information content (AvgIpc) is 3.30. The van der Waals surface area contributed by atoms with Crippen molar-refractivity contribution in [1.82, 2.24) is 29.9 Å². The predicted molar refractivity (Wildman–Crippen MR) is 97.6 cm³/mol. The van der Waals surface area contributed by atoms with Gasteiger partial charge in [-0.2, -0.15) is 10.2 Å². The third-order valence-electron chi connectivity index (χ3n) is 5.32. The number of hydrogen-bond acceptors (Lipinski definition) is 4. The highest BCUT2D eigenvalue weighted by atomic mass is 16.2. The third-order valence-corrected chi connectivity index (χ3v) is 5.32. The molecule has 0 bridgehead atoms. The predicted octanol–water partition coefficient (Wildman–Crippen LogP) is 2.53. The van der Waals surface area contributed by atoms with Crippen LogP contribution in [0.3, 0.4) is 0 Å². The molecule has 0 aromatic carbocycles. The maximum atomic E-state index is 12.8. The van der Waals surface area contributed by atoms with E-state index in [0.717, 1.165) is 48.4 Å². The molecule has 7 nitrogen and oxygen atoms in total. The van der Waals surface area contributed by atoms with Gasteiger partial charge in [-0.25, -0.2) is 0 Å². The zero-order valence-electron chi connectivity index (χ0n) is 15.0. The lowest BCUT2D eigenvalue weighted by Crippen LogP contribution is -2.38. The monoisotopic (exact) mass is 350 g/mol. The lowest BCUT2D eigenvalue weighted by Gasteiger charge is -2.32. The number of H-pyrrole nitrogens is 1. The maximum absolute atomic E-state index is 12.8. The molecule has 1 aliphatic rings. The first-order valence-corrected chi connectivity index (χ1v) is 8.86. The summed E-state index contributed by atoms with van der Waals surface area (Å²) in [5, 5.41) is 11.6. The van der Waals surface area contributed by atoms with Crippen LogP contribution in [0.4, 0.5) is 0 Å². The second-order valence-corrected chi connectivity index (χ2v) is 6.77. The quantitative estimate of drug-likeness (QED) is 0.787. The highest BCUT2D eigenvalue weighted by molar-refractivity contribution is 5.95. The van der Waals surface area contributed by atoms with Crippen LogP contribution in [0, 0.1) is 6.92 Å². The van der Waals surface area contributed by atoms with Gasteiger partial charge in [0.25, 0.3) is 5.91 Å². The van der Waals surface area contributed by atoms with Crippen LogP contribution >= 0.6 is 0 Å². The molecule has 3 aromatic heterocycles. The maximum Gasteiger partial charge on any atom is 0.257 e. The van der Waals surface area contributed by atoms with Crippen molar-refractivity contribution in [1.29, 1.82) is 0 Å². The molecular formula is C19H22N6O. The summed E-state index contributed by atoms with van der Waals surface area (Å²) in [6.07, 6.45) is 8.98. The molecule has 134 valence electrons. The van der Waals surface area contributed by atoms with Gasteiger partial charge in [0.15, 0.2) is 0 Å². The van der Waals surface area contributed by atoms with Crippen LogP contribution in [0.2, 0.25) is 0 Å². The molecule has 1 saturated heterocycles. The first-order valence-electron chi connectivity index (χ1n) is 8.86. The molecule has 1 amide bonds. The number of carbonyl (C=O) groups is 1. The van der Waals surface area contributed by atoms with Gasteiger partial charge in [0.05, 0.1) is 18.0 Å². The standard InChI is InChI=1S/C19H22N6O/c1-13-16(12-22-24(13)2)19(26)25-9-5-15(6-10-25)18-17(11-21-23-18)14-3-7-20-8-4-14/h3-4,7-8,11-12,15H,5-6,9-10H2,1-2H3,(H,21,23). The van der Waals surface area contributed by atoms with E-state index in [2.05, 4.69) is 20.3 Å². The fraction of sp³-hybridized carbons (Fsp3) is 0.368. The number of piperidine rings is 1. The van der Waals surface area contributed by atoms with Gasteiger partial charge in [0, 0.05) is 55.4 Å². The van der Waals surface area contributed by atoms with E-state index in [4.69, 9.17) is 0 Å². The van der Waals surface area contributed by atoms with E-state index in [-0.39, 0.29) is 5.91 Å². The Hall–Kier alpha value is -2.96. The van der Waals surface area contributed by atoms with Gasteiger partial charge in [-0.1, -0.05) is 0 Å². The van der Waals surface area contributed by atoms with Crippen molar-refractivity contribution < 1.29 is 4.79 Å². The van der Waals surface area contributed by atoms with Crippen LogP contribution in [0.5, 0.6) is 0 Å². The summed E-state index contributed by atoms with van der Waals surface area (Å²) in [7, 11) is 1.86.